The fourth-order valence-electron chi connectivity index (χ4n) is 2.91. The highest BCUT2D eigenvalue weighted by Crippen LogP contribution is 2.28. The van der Waals surface area contributed by atoms with Gasteiger partial charge in [0.2, 0.25) is 5.95 Å². The second kappa shape index (κ2) is 4.21. The zero-order valence-electron chi connectivity index (χ0n) is 10.8. The monoisotopic (exact) mass is 284 g/mol. The van der Waals surface area contributed by atoms with Gasteiger partial charge < -0.3 is 5.73 Å². The highest BCUT2D eigenvalue weighted by molar-refractivity contribution is 6.31. The van der Waals surface area contributed by atoms with E-state index in [9.17, 15) is 0 Å². The Labute approximate surface area is 121 Å². The van der Waals surface area contributed by atoms with Gasteiger partial charge in [0.15, 0.2) is 5.65 Å². The van der Waals surface area contributed by atoms with E-state index in [4.69, 9.17) is 17.3 Å². The third kappa shape index (κ3) is 1.68. The molecule has 0 atom stereocenters. The molecule has 100 valence electrons. The topological polar surface area (TPSA) is 56.7 Å². The van der Waals surface area contributed by atoms with Gasteiger partial charge >= 0.3 is 0 Å². The minimum atomic E-state index is 0.438. The number of anilines is 1. The molecule has 4 rings (SSSR count). The smallest absolute Gasteiger partial charge is 0.207 e. The van der Waals surface area contributed by atoms with Crippen molar-refractivity contribution >= 4 is 28.7 Å². The Balaban J connectivity index is 1.96. The van der Waals surface area contributed by atoms with E-state index in [1.165, 1.54) is 24.0 Å². The zero-order valence-corrected chi connectivity index (χ0v) is 11.6. The fourth-order valence-corrected chi connectivity index (χ4v) is 3.06. The molecule has 1 aliphatic rings. The highest BCUT2D eigenvalue weighted by atomic mass is 35.5. The normalized spacial score (nSPS) is 13.8. The van der Waals surface area contributed by atoms with Gasteiger partial charge in [0.25, 0.3) is 0 Å². The van der Waals surface area contributed by atoms with E-state index in [0.717, 1.165) is 23.3 Å². The van der Waals surface area contributed by atoms with E-state index < -0.39 is 0 Å². The molecule has 0 amide bonds. The van der Waals surface area contributed by atoms with Gasteiger partial charge in [0.1, 0.15) is 5.52 Å². The maximum atomic E-state index is 6.05. The first-order valence-electron chi connectivity index (χ1n) is 6.64. The number of halogens is 1. The molecule has 0 spiro atoms. The van der Waals surface area contributed by atoms with Crippen LogP contribution >= 0.6 is 11.6 Å². The van der Waals surface area contributed by atoms with Crippen LogP contribution in [0.4, 0.5) is 5.95 Å². The van der Waals surface area contributed by atoms with E-state index in [0.29, 0.717) is 11.0 Å². The lowest BCUT2D eigenvalue weighted by molar-refractivity contribution is 0.911. The van der Waals surface area contributed by atoms with Crippen LogP contribution in [0.5, 0.6) is 0 Å². The number of fused-ring (bicyclic) bond motifs is 2. The predicted octanol–water partition coefficient (Wildman–Crippen LogP) is 3.14. The van der Waals surface area contributed by atoms with E-state index in [1.807, 2.05) is 4.57 Å². The molecular formula is C15H13ClN4. The number of aryl methyl sites for hydroxylation is 2. The van der Waals surface area contributed by atoms with Gasteiger partial charge in [0.05, 0.1) is 10.7 Å². The number of aromatic nitrogens is 3. The standard InChI is InChI=1S/C15H13ClN4/c16-11-7-13-14(18-8-11)20(15(17)19-13)12-5-4-9-2-1-3-10(9)6-12/h4-8H,1-3H2,(H2,17,19). The molecule has 0 saturated carbocycles. The van der Waals surface area contributed by atoms with Gasteiger partial charge in [-0.1, -0.05) is 17.7 Å². The van der Waals surface area contributed by atoms with E-state index in [-0.39, 0.29) is 0 Å². The van der Waals surface area contributed by atoms with Crippen molar-refractivity contribution in [2.45, 2.75) is 19.3 Å². The minimum Gasteiger partial charge on any atom is -0.369 e. The minimum absolute atomic E-state index is 0.438. The molecule has 2 N–H and O–H groups in total. The van der Waals surface area contributed by atoms with Gasteiger partial charge in [-0.2, -0.15) is 0 Å². The Hall–Kier alpha value is -2.07. The summed E-state index contributed by atoms with van der Waals surface area (Å²) >= 11 is 5.95. The number of nitrogen functional groups attached to an aromatic ring is 1. The Kier molecular flexibility index (Phi) is 2.47. The number of rotatable bonds is 1. The van der Waals surface area contributed by atoms with Crippen molar-refractivity contribution in [3.8, 4) is 5.69 Å². The summed E-state index contributed by atoms with van der Waals surface area (Å²) in [4.78, 5) is 8.70. The summed E-state index contributed by atoms with van der Waals surface area (Å²) in [7, 11) is 0. The maximum absolute atomic E-state index is 6.05. The average molecular weight is 285 g/mol. The van der Waals surface area contributed by atoms with Crippen molar-refractivity contribution in [3.05, 3.63) is 46.6 Å². The second-order valence-corrected chi connectivity index (χ2v) is 5.54. The Bertz CT molecular complexity index is 822. The van der Waals surface area contributed by atoms with Gasteiger partial charge in [-0.05, 0) is 48.6 Å². The lowest BCUT2D eigenvalue weighted by atomic mass is 10.1. The van der Waals surface area contributed by atoms with Crippen LogP contribution in [0.15, 0.2) is 30.5 Å². The van der Waals surface area contributed by atoms with Crippen LogP contribution < -0.4 is 5.73 Å². The van der Waals surface area contributed by atoms with Crippen LogP contribution in [0.1, 0.15) is 17.5 Å². The van der Waals surface area contributed by atoms with E-state index >= 15 is 0 Å². The summed E-state index contributed by atoms with van der Waals surface area (Å²) in [6, 6.07) is 8.23. The quantitative estimate of drug-likeness (QED) is 0.747. The summed E-state index contributed by atoms with van der Waals surface area (Å²) < 4.78 is 1.88. The van der Waals surface area contributed by atoms with Crippen molar-refractivity contribution in [2.75, 3.05) is 5.73 Å². The predicted molar refractivity (Wildman–Crippen MR) is 80.3 cm³/mol. The van der Waals surface area contributed by atoms with Gasteiger partial charge in [-0.25, -0.2) is 9.97 Å². The summed E-state index contributed by atoms with van der Waals surface area (Å²) in [5.41, 5.74) is 11.4. The SMILES string of the molecule is Nc1nc2cc(Cl)cnc2n1-c1ccc2c(c1)CCC2. The maximum Gasteiger partial charge on any atom is 0.207 e. The first-order chi connectivity index (χ1) is 9.72. The van der Waals surface area contributed by atoms with Gasteiger partial charge in [0, 0.05) is 6.20 Å². The van der Waals surface area contributed by atoms with Crippen molar-refractivity contribution in [2.24, 2.45) is 0 Å². The molecule has 3 aromatic rings. The number of hydrogen-bond acceptors (Lipinski definition) is 3. The molecule has 0 unspecified atom stereocenters. The third-order valence-electron chi connectivity index (χ3n) is 3.83. The van der Waals surface area contributed by atoms with Crippen LogP contribution in [0.3, 0.4) is 0 Å². The first-order valence-corrected chi connectivity index (χ1v) is 7.02. The van der Waals surface area contributed by atoms with E-state index in [1.54, 1.807) is 12.3 Å². The lowest BCUT2D eigenvalue weighted by Gasteiger charge is -2.08. The first kappa shape index (κ1) is 11.7. The number of hydrogen-bond donors (Lipinski definition) is 1. The summed E-state index contributed by atoms with van der Waals surface area (Å²) in [6.45, 7) is 0. The largest absolute Gasteiger partial charge is 0.369 e. The Morgan fingerprint density at radius 1 is 1.15 bits per heavy atom. The van der Waals surface area contributed by atoms with Crippen LogP contribution in [-0.2, 0) is 12.8 Å². The fraction of sp³-hybridized carbons (Fsp3) is 0.200. The number of pyridine rings is 1. The molecule has 0 bridgehead atoms. The summed E-state index contributed by atoms with van der Waals surface area (Å²) in [6.07, 6.45) is 5.15. The molecule has 2 aromatic heterocycles. The van der Waals surface area contributed by atoms with Crippen LogP contribution in [0, 0.1) is 0 Å². The van der Waals surface area contributed by atoms with E-state index in [2.05, 4.69) is 28.2 Å². The number of nitrogens with zero attached hydrogens (tertiary/aromatic N) is 3. The zero-order chi connectivity index (χ0) is 13.7. The highest BCUT2D eigenvalue weighted by Gasteiger charge is 2.15. The van der Waals surface area contributed by atoms with Crippen molar-refractivity contribution in [3.63, 3.8) is 0 Å². The van der Waals surface area contributed by atoms with Crippen molar-refractivity contribution < 1.29 is 0 Å². The molecule has 1 aliphatic carbocycles. The molecule has 2 heterocycles. The molecule has 0 radical (unpaired) electrons. The van der Waals surface area contributed by atoms with Crippen LogP contribution in [0.2, 0.25) is 5.02 Å². The Morgan fingerprint density at radius 3 is 2.90 bits per heavy atom. The molecule has 1 aromatic carbocycles. The van der Waals surface area contributed by atoms with Crippen molar-refractivity contribution in [1.82, 2.24) is 14.5 Å². The number of imidazole rings is 1. The molecule has 4 nitrogen and oxygen atoms in total. The lowest BCUT2D eigenvalue weighted by Crippen LogP contribution is -2.02. The average Bonchev–Trinajstić information content (AvgIpc) is 3.00. The molecule has 0 fully saturated rings. The molecule has 0 aliphatic heterocycles. The Morgan fingerprint density at radius 2 is 2.00 bits per heavy atom. The van der Waals surface area contributed by atoms with Gasteiger partial charge in [-0.3, -0.25) is 4.57 Å². The molecule has 20 heavy (non-hydrogen) atoms. The molecule has 0 saturated heterocycles. The summed E-state index contributed by atoms with van der Waals surface area (Å²) in [5, 5.41) is 0.566. The van der Waals surface area contributed by atoms with Crippen molar-refractivity contribution in [1.29, 1.82) is 0 Å². The molecule has 5 heteroatoms. The van der Waals surface area contributed by atoms with Crippen LogP contribution in [-0.4, -0.2) is 14.5 Å². The van der Waals surface area contributed by atoms with Crippen LogP contribution in [0.25, 0.3) is 16.9 Å². The van der Waals surface area contributed by atoms with Gasteiger partial charge in [-0.15, -0.1) is 0 Å². The number of benzene rings is 1. The second-order valence-electron chi connectivity index (χ2n) is 5.11. The number of nitrogens with two attached hydrogens (primary N) is 1. The summed E-state index contributed by atoms with van der Waals surface area (Å²) in [5.74, 6) is 0.438. The molecular weight excluding hydrogens is 272 g/mol. The third-order valence-corrected chi connectivity index (χ3v) is 4.04.